The van der Waals surface area contributed by atoms with Gasteiger partial charge in [-0.3, -0.25) is 0 Å². The van der Waals surface area contributed by atoms with Crippen molar-refractivity contribution in [3.8, 4) is 17.0 Å². The van der Waals surface area contributed by atoms with Crippen LogP contribution in [0.1, 0.15) is 30.4 Å². The molecule has 1 unspecified atom stereocenters. The maximum Gasteiger partial charge on any atom is 0.278 e. The van der Waals surface area contributed by atoms with Crippen molar-refractivity contribution in [1.82, 2.24) is 29.4 Å². The highest BCUT2D eigenvalue weighted by Crippen LogP contribution is 2.39. The number of benzene rings is 1. The molecule has 2 atom stereocenters. The molecule has 1 aromatic carbocycles. The Morgan fingerprint density at radius 3 is 2.97 bits per heavy atom. The number of nitrogens with one attached hydrogen (secondary N) is 2. The summed E-state index contributed by atoms with van der Waals surface area (Å²) in [4.78, 5) is 11.0. The second-order valence-corrected chi connectivity index (χ2v) is 11.3. The lowest BCUT2D eigenvalue weighted by Crippen LogP contribution is -2.37. The largest absolute Gasteiger partial charge is 0.478 e. The van der Waals surface area contributed by atoms with Gasteiger partial charge in [0.2, 0.25) is 11.8 Å². The van der Waals surface area contributed by atoms with E-state index in [1.807, 2.05) is 19.2 Å². The van der Waals surface area contributed by atoms with E-state index in [1.54, 1.807) is 6.20 Å². The summed E-state index contributed by atoms with van der Waals surface area (Å²) >= 11 is 0. The minimum atomic E-state index is -3.76. The number of anilines is 2. The van der Waals surface area contributed by atoms with Crippen LogP contribution >= 0.6 is 0 Å². The van der Waals surface area contributed by atoms with Crippen molar-refractivity contribution in [3.63, 3.8) is 0 Å². The Balaban J connectivity index is 1.43. The quantitative estimate of drug-likeness (QED) is 0.489. The number of aromatic amines is 1. The highest BCUT2D eigenvalue weighted by molar-refractivity contribution is 7.89. The maximum absolute atomic E-state index is 13.3. The molecule has 6 bridgehead atoms. The molecule has 1 fully saturated rings. The lowest BCUT2D eigenvalue weighted by Gasteiger charge is -2.24. The first-order chi connectivity index (χ1) is 17.0. The SMILES string of the molecule is CN1CCCOc2cc(ccn2)-c2ccc3c(c2Nc2n[nH]c(n2)S(=O)(=O)N2CC[C@H]1C2)CCC3. The number of sulfonamides is 1. The van der Waals surface area contributed by atoms with E-state index >= 15 is 0 Å². The predicted octanol–water partition coefficient (Wildman–Crippen LogP) is 2.58. The molecule has 11 heteroatoms. The third-order valence-electron chi connectivity index (χ3n) is 7.27. The van der Waals surface area contributed by atoms with Crippen molar-refractivity contribution in [3.05, 3.63) is 41.6 Å². The number of hydrogen-bond acceptors (Lipinski definition) is 8. The van der Waals surface area contributed by atoms with Crippen LogP contribution in [0, 0.1) is 0 Å². The van der Waals surface area contributed by atoms with Gasteiger partial charge in [-0.25, -0.2) is 18.5 Å². The molecule has 0 spiro atoms. The number of likely N-dealkylation sites (N-methyl/N-ethyl adjacent to an activating group) is 1. The van der Waals surface area contributed by atoms with Crippen molar-refractivity contribution in [2.24, 2.45) is 0 Å². The third-order valence-corrected chi connectivity index (χ3v) is 8.95. The Morgan fingerprint density at radius 1 is 1.14 bits per heavy atom. The number of rotatable bonds is 0. The van der Waals surface area contributed by atoms with Gasteiger partial charge in [-0.2, -0.15) is 9.29 Å². The molecule has 2 aromatic heterocycles. The molecule has 0 radical (unpaired) electrons. The van der Waals surface area contributed by atoms with Crippen LogP contribution < -0.4 is 10.1 Å². The molecule has 2 aliphatic heterocycles. The summed E-state index contributed by atoms with van der Waals surface area (Å²) in [6, 6.07) is 8.33. The van der Waals surface area contributed by atoms with Gasteiger partial charge < -0.3 is 15.0 Å². The second-order valence-electron chi connectivity index (χ2n) is 9.44. The molecule has 1 saturated heterocycles. The highest BCUT2D eigenvalue weighted by atomic mass is 32.2. The van der Waals surface area contributed by atoms with Crippen LogP contribution in [0.5, 0.6) is 5.88 Å². The number of pyridine rings is 1. The van der Waals surface area contributed by atoms with Gasteiger partial charge >= 0.3 is 0 Å². The Kier molecular flexibility index (Phi) is 5.70. The van der Waals surface area contributed by atoms with E-state index in [9.17, 15) is 8.42 Å². The Bertz CT molecular complexity index is 1360. The maximum atomic E-state index is 13.3. The number of H-pyrrole nitrogens is 1. The van der Waals surface area contributed by atoms with Gasteiger partial charge in [0.25, 0.3) is 15.2 Å². The average molecular weight is 496 g/mol. The van der Waals surface area contributed by atoms with Gasteiger partial charge in [-0.1, -0.05) is 12.1 Å². The second kappa shape index (κ2) is 8.89. The summed E-state index contributed by atoms with van der Waals surface area (Å²) in [6.45, 7) is 2.25. The van der Waals surface area contributed by atoms with E-state index in [-0.39, 0.29) is 17.1 Å². The zero-order valence-corrected chi connectivity index (χ0v) is 20.5. The summed E-state index contributed by atoms with van der Waals surface area (Å²) in [5.74, 6) is 0.834. The Hall–Kier alpha value is -3.02. The number of nitrogens with zero attached hydrogens (tertiary/aromatic N) is 5. The van der Waals surface area contributed by atoms with E-state index in [2.05, 4.69) is 42.5 Å². The normalized spacial score (nSPS) is 23.9. The fourth-order valence-corrected chi connectivity index (χ4v) is 6.64. The monoisotopic (exact) mass is 495 g/mol. The van der Waals surface area contributed by atoms with Crippen molar-refractivity contribution in [1.29, 1.82) is 0 Å². The molecule has 3 aliphatic rings. The molecule has 0 amide bonds. The zero-order valence-electron chi connectivity index (χ0n) is 19.7. The molecule has 6 rings (SSSR count). The minimum Gasteiger partial charge on any atom is -0.478 e. The van der Waals surface area contributed by atoms with Gasteiger partial charge in [0.05, 0.1) is 12.3 Å². The van der Waals surface area contributed by atoms with Crippen LogP contribution in [-0.2, 0) is 22.9 Å². The molecule has 4 heterocycles. The molecule has 184 valence electrons. The smallest absolute Gasteiger partial charge is 0.278 e. The zero-order chi connectivity index (χ0) is 24.0. The van der Waals surface area contributed by atoms with Crippen molar-refractivity contribution in [2.45, 2.75) is 43.3 Å². The third kappa shape index (κ3) is 4.17. The van der Waals surface area contributed by atoms with E-state index in [4.69, 9.17) is 4.74 Å². The average Bonchev–Trinajstić information content (AvgIpc) is 3.62. The van der Waals surface area contributed by atoms with Gasteiger partial charge in [-0.05, 0) is 61.9 Å². The molecular weight excluding hydrogens is 466 g/mol. The molecular formula is C24H29N7O3S. The molecule has 35 heavy (non-hydrogen) atoms. The fraction of sp³-hybridized carbons (Fsp3) is 0.458. The first kappa shape index (κ1) is 22.4. The number of fused-ring (bicyclic) bond motifs is 10. The van der Waals surface area contributed by atoms with Gasteiger partial charge in [0, 0.05) is 43.5 Å². The topological polar surface area (TPSA) is 116 Å². The lowest BCUT2D eigenvalue weighted by atomic mass is 9.98. The van der Waals surface area contributed by atoms with Gasteiger partial charge in [0.1, 0.15) is 0 Å². The number of aryl methyl sites for hydroxylation is 1. The van der Waals surface area contributed by atoms with Gasteiger partial charge in [0.15, 0.2) is 0 Å². The Morgan fingerprint density at radius 2 is 2.06 bits per heavy atom. The van der Waals surface area contributed by atoms with Crippen molar-refractivity contribution < 1.29 is 13.2 Å². The summed E-state index contributed by atoms with van der Waals surface area (Å²) < 4.78 is 34.1. The fourth-order valence-electron chi connectivity index (χ4n) is 5.32. The number of aromatic nitrogens is 4. The Labute approximate surface area is 204 Å². The summed E-state index contributed by atoms with van der Waals surface area (Å²) in [5.41, 5.74) is 5.37. The van der Waals surface area contributed by atoms with Crippen molar-refractivity contribution >= 4 is 21.7 Å². The van der Waals surface area contributed by atoms with Crippen LogP contribution in [0.3, 0.4) is 0 Å². The van der Waals surface area contributed by atoms with Crippen LogP contribution in [0.25, 0.3) is 11.1 Å². The van der Waals surface area contributed by atoms with Crippen LogP contribution in [0.2, 0.25) is 0 Å². The summed E-state index contributed by atoms with van der Waals surface area (Å²) in [7, 11) is -1.73. The van der Waals surface area contributed by atoms with Gasteiger partial charge in [-0.15, -0.1) is 5.10 Å². The summed E-state index contributed by atoms with van der Waals surface area (Å²) in [5, 5.41) is 10.1. The highest BCUT2D eigenvalue weighted by Gasteiger charge is 2.36. The minimum absolute atomic E-state index is 0.127. The van der Waals surface area contributed by atoms with E-state index in [0.717, 1.165) is 55.5 Å². The van der Waals surface area contributed by atoms with E-state index in [1.165, 1.54) is 15.4 Å². The van der Waals surface area contributed by atoms with Crippen LogP contribution in [0.15, 0.2) is 35.6 Å². The predicted molar refractivity (Wildman–Crippen MR) is 131 cm³/mol. The molecule has 2 N–H and O–H groups in total. The number of hydrogen-bond donors (Lipinski definition) is 2. The molecule has 1 aliphatic carbocycles. The van der Waals surface area contributed by atoms with Crippen molar-refractivity contribution in [2.75, 3.05) is 38.6 Å². The van der Waals surface area contributed by atoms with Crippen LogP contribution in [0.4, 0.5) is 11.6 Å². The molecule has 10 nitrogen and oxygen atoms in total. The molecule has 3 aromatic rings. The van der Waals surface area contributed by atoms with Crippen LogP contribution in [-0.4, -0.2) is 77.1 Å². The molecule has 0 saturated carbocycles. The first-order valence-electron chi connectivity index (χ1n) is 12.1. The first-order valence-corrected chi connectivity index (χ1v) is 13.6. The lowest BCUT2D eigenvalue weighted by molar-refractivity contribution is 0.217. The number of ether oxygens (including phenoxy) is 1. The van der Waals surface area contributed by atoms with E-state index in [0.29, 0.717) is 25.6 Å². The standard InChI is InChI=1S/C24H29N7O3S/c1-30-11-3-13-34-21-14-17(8-10-25-21)20-7-6-16-4-2-5-19(16)22(20)26-23-27-24(29-28-23)35(32,33)31-12-9-18(30)15-31/h6-8,10,14,18H,2-5,9,11-13,15H2,1H3,(H2,26,27,28,29)/t18-/m0/s1. The summed E-state index contributed by atoms with van der Waals surface area (Å²) in [6.07, 6.45) is 6.40. The van der Waals surface area contributed by atoms with E-state index < -0.39 is 10.0 Å².